The molecule has 8 nitrogen and oxygen atoms in total. The minimum atomic E-state index is -4.07. The molecular weight excluding hydrogens is 546 g/mol. The van der Waals surface area contributed by atoms with Gasteiger partial charge in [0.1, 0.15) is 12.4 Å². The van der Waals surface area contributed by atoms with Gasteiger partial charge in [-0.1, -0.05) is 60.7 Å². The molecule has 1 aliphatic heterocycles. The second kappa shape index (κ2) is 10.7. The van der Waals surface area contributed by atoms with Gasteiger partial charge in [-0.15, -0.1) is 0 Å². The number of hydrogen-bond acceptors (Lipinski definition) is 6. The van der Waals surface area contributed by atoms with Crippen molar-refractivity contribution in [1.29, 1.82) is 0 Å². The molecule has 41 heavy (non-hydrogen) atoms. The number of alkyl carbamates (subject to hydrolysis) is 1. The van der Waals surface area contributed by atoms with Crippen LogP contribution in [0, 0.1) is 5.82 Å². The molecule has 1 aliphatic carbocycles. The summed E-state index contributed by atoms with van der Waals surface area (Å²) in [5.41, 5.74) is 3.57. The molecule has 0 unspecified atom stereocenters. The van der Waals surface area contributed by atoms with Crippen molar-refractivity contribution in [3.05, 3.63) is 94.7 Å². The maximum Gasteiger partial charge on any atom is 0.492 e. The molecule has 1 heterocycles. The third-order valence-corrected chi connectivity index (χ3v) is 8.89. The summed E-state index contributed by atoms with van der Waals surface area (Å²) < 4.78 is 56.1. The number of nitrogens with one attached hydrogen (secondary N) is 1. The molecule has 0 atom stereocenters. The van der Waals surface area contributed by atoms with Crippen molar-refractivity contribution in [2.45, 2.75) is 49.7 Å². The fourth-order valence-corrected chi connectivity index (χ4v) is 5.55. The van der Waals surface area contributed by atoms with Crippen molar-refractivity contribution in [3.8, 4) is 11.1 Å². The average molecular weight is 578 g/mol. The molecule has 1 amide bonds. The summed E-state index contributed by atoms with van der Waals surface area (Å²) >= 11 is 0. The zero-order valence-corrected chi connectivity index (χ0v) is 24.1. The molecule has 3 aromatic carbocycles. The van der Waals surface area contributed by atoms with Crippen LogP contribution in [0.15, 0.2) is 77.1 Å². The highest BCUT2D eigenvalue weighted by Gasteiger charge is 2.52. The molecule has 1 fully saturated rings. The van der Waals surface area contributed by atoms with E-state index in [4.69, 9.17) is 19.2 Å². The zero-order valence-electron chi connectivity index (χ0n) is 23.3. The number of sulfonamides is 1. The van der Waals surface area contributed by atoms with Crippen molar-refractivity contribution in [2.24, 2.45) is 5.14 Å². The Labute approximate surface area is 239 Å². The normalized spacial score (nSPS) is 17.7. The van der Waals surface area contributed by atoms with Gasteiger partial charge in [0.2, 0.25) is 10.0 Å². The SMILES string of the molecule is CC1(C)OB(C(=Cc2ccc(S(N)(=O)=O)cc2F)CNC(=O)OCC2c3ccccc3-c3ccccc32)OC1(C)C. The molecular formula is C30H32BFN2O6S. The summed E-state index contributed by atoms with van der Waals surface area (Å²) in [6, 6.07) is 19.5. The number of ether oxygens (including phenoxy) is 1. The highest BCUT2D eigenvalue weighted by molar-refractivity contribution is 7.89. The first-order valence-corrected chi connectivity index (χ1v) is 14.8. The first kappa shape index (κ1) is 29.0. The second-order valence-corrected chi connectivity index (χ2v) is 12.8. The van der Waals surface area contributed by atoms with E-state index in [1.807, 2.05) is 64.1 Å². The summed E-state index contributed by atoms with van der Waals surface area (Å²) in [6.45, 7) is 7.59. The van der Waals surface area contributed by atoms with Crippen molar-refractivity contribution < 1.29 is 31.6 Å². The van der Waals surface area contributed by atoms with Crippen LogP contribution in [0.5, 0.6) is 0 Å². The van der Waals surface area contributed by atoms with Crippen molar-refractivity contribution >= 4 is 29.3 Å². The lowest BCUT2D eigenvalue weighted by atomic mass is 9.77. The molecule has 0 spiro atoms. The van der Waals surface area contributed by atoms with Crippen molar-refractivity contribution in [1.82, 2.24) is 5.32 Å². The van der Waals surface area contributed by atoms with E-state index in [1.165, 1.54) is 18.2 Å². The summed E-state index contributed by atoms with van der Waals surface area (Å²) in [5.74, 6) is -0.899. The minimum Gasteiger partial charge on any atom is -0.449 e. The first-order valence-electron chi connectivity index (χ1n) is 13.2. The topological polar surface area (TPSA) is 117 Å². The molecule has 2 aliphatic rings. The number of fused-ring (bicyclic) bond motifs is 3. The summed E-state index contributed by atoms with van der Waals surface area (Å²) in [5, 5.41) is 7.87. The Morgan fingerprint density at radius 2 is 1.56 bits per heavy atom. The highest BCUT2D eigenvalue weighted by atomic mass is 32.2. The third-order valence-electron chi connectivity index (χ3n) is 7.98. The van der Waals surface area contributed by atoms with E-state index in [-0.39, 0.29) is 29.5 Å². The second-order valence-electron chi connectivity index (χ2n) is 11.2. The standard InChI is InChI=1S/C30H32BFN2O6S/c1-29(2)30(3,4)40-31(39-29)20(15-19-13-14-21(16-27(19)32)41(33,36)37)17-34-28(35)38-18-26-24-11-7-5-9-22(24)23-10-6-8-12-25(23)26/h5-16,26H,17-18H2,1-4H3,(H,34,35)(H2,33,36,37). The fraction of sp³-hybridized carbons (Fsp3) is 0.300. The van der Waals surface area contributed by atoms with Crippen LogP contribution in [-0.2, 0) is 24.1 Å². The van der Waals surface area contributed by atoms with E-state index in [2.05, 4.69) is 17.4 Å². The number of rotatable bonds is 7. The van der Waals surface area contributed by atoms with E-state index in [1.54, 1.807) is 0 Å². The Morgan fingerprint density at radius 3 is 2.10 bits per heavy atom. The number of carbonyl (C=O) groups is 1. The Bertz CT molecular complexity index is 1580. The van der Waals surface area contributed by atoms with E-state index in [0.29, 0.717) is 5.47 Å². The quantitative estimate of drug-likeness (QED) is 0.380. The molecule has 0 aromatic heterocycles. The maximum absolute atomic E-state index is 14.9. The Hall–Kier alpha value is -3.51. The van der Waals surface area contributed by atoms with Crippen LogP contribution in [0.1, 0.15) is 50.3 Å². The van der Waals surface area contributed by atoms with Crippen LogP contribution < -0.4 is 10.5 Å². The lowest BCUT2D eigenvalue weighted by molar-refractivity contribution is 0.00578. The van der Waals surface area contributed by atoms with Crippen molar-refractivity contribution in [2.75, 3.05) is 13.2 Å². The molecule has 3 aromatic rings. The molecule has 3 N–H and O–H groups in total. The predicted molar refractivity (Wildman–Crippen MR) is 155 cm³/mol. The van der Waals surface area contributed by atoms with Gasteiger partial charge in [-0.3, -0.25) is 0 Å². The largest absolute Gasteiger partial charge is 0.492 e. The number of benzene rings is 3. The molecule has 0 radical (unpaired) electrons. The number of halogens is 1. The van der Waals surface area contributed by atoms with Crippen LogP contribution >= 0.6 is 0 Å². The van der Waals surface area contributed by atoms with Crippen LogP contribution in [0.4, 0.5) is 9.18 Å². The molecule has 0 saturated carbocycles. The highest BCUT2D eigenvalue weighted by Crippen LogP contribution is 2.44. The molecule has 5 rings (SSSR count). The van der Waals surface area contributed by atoms with Gasteiger partial charge in [0.25, 0.3) is 0 Å². The predicted octanol–water partition coefficient (Wildman–Crippen LogP) is 5.03. The molecule has 1 saturated heterocycles. The lowest BCUT2D eigenvalue weighted by Gasteiger charge is -2.32. The number of nitrogens with two attached hydrogens (primary N) is 1. The van der Waals surface area contributed by atoms with E-state index < -0.39 is 40.3 Å². The monoisotopic (exact) mass is 578 g/mol. The summed E-state index contributed by atoms with van der Waals surface area (Å²) in [4.78, 5) is 12.5. The average Bonchev–Trinajstić information content (AvgIpc) is 3.34. The minimum absolute atomic E-state index is 0.0656. The van der Waals surface area contributed by atoms with Gasteiger partial charge in [0.05, 0.1) is 16.1 Å². The van der Waals surface area contributed by atoms with E-state index in [9.17, 15) is 17.6 Å². The smallest absolute Gasteiger partial charge is 0.449 e. The number of carbonyl (C=O) groups excluding carboxylic acids is 1. The van der Waals surface area contributed by atoms with Gasteiger partial charge >= 0.3 is 13.2 Å². The maximum atomic E-state index is 14.9. The lowest BCUT2D eigenvalue weighted by Crippen LogP contribution is -2.41. The summed E-state index contributed by atoms with van der Waals surface area (Å²) in [6.07, 6.45) is 0.813. The number of amides is 1. The van der Waals surface area contributed by atoms with Crippen molar-refractivity contribution in [3.63, 3.8) is 0 Å². The van der Waals surface area contributed by atoms with Crippen LogP contribution in [0.25, 0.3) is 17.2 Å². The molecule has 11 heteroatoms. The van der Waals surface area contributed by atoms with Gasteiger partial charge in [0, 0.05) is 18.0 Å². The van der Waals surface area contributed by atoms with Gasteiger partial charge in [-0.2, -0.15) is 0 Å². The van der Waals surface area contributed by atoms with E-state index in [0.717, 1.165) is 28.3 Å². The number of hydrogen-bond donors (Lipinski definition) is 2. The fourth-order valence-electron chi connectivity index (χ4n) is 5.02. The Balaban J connectivity index is 1.34. The third kappa shape index (κ3) is 5.80. The van der Waals surface area contributed by atoms with Crippen LogP contribution in [-0.4, -0.2) is 46.0 Å². The van der Waals surface area contributed by atoms with Gasteiger partial charge in [-0.25, -0.2) is 22.7 Å². The van der Waals surface area contributed by atoms with Gasteiger partial charge in [0.15, 0.2) is 0 Å². The van der Waals surface area contributed by atoms with E-state index >= 15 is 0 Å². The van der Waals surface area contributed by atoms with Crippen LogP contribution in [0.3, 0.4) is 0 Å². The molecule has 214 valence electrons. The van der Waals surface area contributed by atoms with Gasteiger partial charge in [-0.05, 0) is 67.6 Å². The zero-order chi connectivity index (χ0) is 29.6. The summed E-state index contributed by atoms with van der Waals surface area (Å²) in [7, 11) is -4.97. The Morgan fingerprint density at radius 1 is 1.00 bits per heavy atom. The Kier molecular flexibility index (Phi) is 7.58. The first-order chi connectivity index (χ1) is 19.3. The van der Waals surface area contributed by atoms with Crippen LogP contribution in [0.2, 0.25) is 0 Å². The molecule has 0 bridgehead atoms. The number of primary sulfonamides is 1. The van der Waals surface area contributed by atoms with Gasteiger partial charge < -0.3 is 19.4 Å².